The quantitative estimate of drug-likeness (QED) is 0.387. The summed E-state index contributed by atoms with van der Waals surface area (Å²) < 4.78 is 7.45. The first-order chi connectivity index (χ1) is 13.3. The van der Waals surface area contributed by atoms with Crippen molar-refractivity contribution in [3.05, 3.63) is 62.7 Å². The van der Waals surface area contributed by atoms with Gasteiger partial charge in [-0.15, -0.1) is 0 Å². The Morgan fingerprint density at radius 1 is 1.21 bits per heavy atom. The summed E-state index contributed by atoms with van der Waals surface area (Å²) in [7, 11) is 0. The average molecular weight is 510 g/mol. The minimum Gasteiger partial charge on any atom is -0.489 e. The molecular weight excluding hydrogens is 488 g/mol. The number of aromatic amines is 1. The number of carboxylic acid groups (broad SMARTS) is 1. The summed E-state index contributed by atoms with van der Waals surface area (Å²) in [6.45, 7) is 4.37. The van der Waals surface area contributed by atoms with Crippen LogP contribution in [-0.2, 0) is 17.8 Å². The molecule has 0 aliphatic carbocycles. The second-order valence-corrected chi connectivity index (χ2v) is 8.60. The molecule has 3 rings (SSSR count). The smallest absolute Gasteiger partial charge is 0.321 e. The van der Waals surface area contributed by atoms with Crippen molar-refractivity contribution in [3.8, 4) is 5.75 Å². The number of hydrogen-bond acceptors (Lipinski definition) is 3. The van der Waals surface area contributed by atoms with E-state index < -0.39 is 12.0 Å². The number of benzene rings is 2. The van der Waals surface area contributed by atoms with Crippen molar-refractivity contribution in [1.82, 2.24) is 10.3 Å². The monoisotopic (exact) mass is 508 g/mol. The van der Waals surface area contributed by atoms with E-state index in [0.717, 1.165) is 36.7 Å². The summed E-state index contributed by atoms with van der Waals surface area (Å²) in [6, 6.07) is 11.1. The minimum absolute atomic E-state index is 0.0594. The Morgan fingerprint density at radius 2 is 1.89 bits per heavy atom. The van der Waals surface area contributed by atoms with Crippen molar-refractivity contribution in [2.45, 2.75) is 39.0 Å². The molecule has 1 heterocycles. The van der Waals surface area contributed by atoms with Gasteiger partial charge in [-0.3, -0.25) is 4.79 Å². The number of ether oxygens (including phenoxy) is 1. The highest BCUT2D eigenvalue weighted by Crippen LogP contribution is 2.35. The molecule has 0 amide bonds. The molecular formula is C21H22Br2N2O3. The van der Waals surface area contributed by atoms with E-state index in [1.54, 1.807) is 0 Å². The highest BCUT2D eigenvalue weighted by atomic mass is 79.9. The summed E-state index contributed by atoms with van der Waals surface area (Å²) in [5.74, 6) is -0.129. The number of rotatable bonds is 8. The van der Waals surface area contributed by atoms with Gasteiger partial charge in [0.25, 0.3) is 0 Å². The van der Waals surface area contributed by atoms with E-state index in [0.29, 0.717) is 13.0 Å². The summed E-state index contributed by atoms with van der Waals surface area (Å²) in [6.07, 6.45) is 2.34. The number of halogens is 2. The lowest BCUT2D eigenvalue weighted by Crippen LogP contribution is -2.38. The van der Waals surface area contributed by atoms with Crippen LogP contribution in [0.2, 0.25) is 0 Å². The van der Waals surface area contributed by atoms with Crippen LogP contribution in [0.1, 0.15) is 25.0 Å². The molecule has 2 aromatic carbocycles. The number of H-pyrrole nitrogens is 1. The van der Waals surface area contributed by atoms with Crippen molar-refractivity contribution in [1.29, 1.82) is 0 Å². The first-order valence-corrected chi connectivity index (χ1v) is 10.6. The topological polar surface area (TPSA) is 74.3 Å². The SMILES string of the molecule is CC(C)Oc1c(Br)cc(CNC(Cc2c[nH]c3ccccc23)C(=O)O)cc1Br. The zero-order valence-corrected chi connectivity index (χ0v) is 18.8. The zero-order chi connectivity index (χ0) is 20.3. The van der Waals surface area contributed by atoms with Gasteiger partial charge in [-0.1, -0.05) is 18.2 Å². The van der Waals surface area contributed by atoms with E-state index in [2.05, 4.69) is 42.2 Å². The number of aliphatic carboxylic acids is 1. The Morgan fingerprint density at radius 3 is 2.54 bits per heavy atom. The van der Waals surface area contributed by atoms with E-state index in [1.807, 2.05) is 56.4 Å². The van der Waals surface area contributed by atoms with Crippen LogP contribution in [0.15, 0.2) is 51.5 Å². The molecule has 0 spiro atoms. The summed E-state index contributed by atoms with van der Waals surface area (Å²) in [5.41, 5.74) is 2.95. The molecule has 0 saturated heterocycles. The van der Waals surface area contributed by atoms with Crippen LogP contribution >= 0.6 is 31.9 Å². The van der Waals surface area contributed by atoms with Gasteiger partial charge in [0, 0.05) is 30.1 Å². The van der Waals surface area contributed by atoms with Crippen molar-refractivity contribution >= 4 is 48.7 Å². The molecule has 5 nitrogen and oxygen atoms in total. The fourth-order valence-corrected chi connectivity index (χ4v) is 4.54. The lowest BCUT2D eigenvalue weighted by molar-refractivity contribution is -0.139. The maximum Gasteiger partial charge on any atom is 0.321 e. The molecule has 3 aromatic rings. The predicted octanol–water partition coefficient (Wildman–Crippen LogP) is 5.27. The molecule has 0 bridgehead atoms. The first kappa shape index (κ1) is 20.9. The standard InChI is InChI=1S/C21H22Br2N2O3/c1-12(2)28-20-16(22)7-13(8-17(20)23)10-24-19(21(26)27)9-14-11-25-18-6-4-3-5-15(14)18/h3-8,11-12,19,24-25H,9-10H2,1-2H3,(H,26,27). The number of carbonyl (C=O) groups is 1. The van der Waals surface area contributed by atoms with Gasteiger partial charge in [-0.25, -0.2) is 0 Å². The average Bonchev–Trinajstić information content (AvgIpc) is 3.04. The Labute approximate surface area is 180 Å². The highest BCUT2D eigenvalue weighted by Gasteiger charge is 2.20. The van der Waals surface area contributed by atoms with Crippen molar-refractivity contribution in [3.63, 3.8) is 0 Å². The molecule has 1 aromatic heterocycles. The van der Waals surface area contributed by atoms with Gasteiger partial charge >= 0.3 is 5.97 Å². The Kier molecular flexibility index (Phi) is 6.80. The van der Waals surface area contributed by atoms with Gasteiger partial charge in [-0.05, 0) is 75.0 Å². The van der Waals surface area contributed by atoms with Gasteiger partial charge < -0.3 is 20.1 Å². The largest absolute Gasteiger partial charge is 0.489 e. The molecule has 7 heteroatoms. The molecule has 1 unspecified atom stereocenters. The number of nitrogens with one attached hydrogen (secondary N) is 2. The lowest BCUT2D eigenvalue weighted by atomic mass is 10.0. The third kappa shape index (κ3) is 4.96. The number of hydrogen-bond donors (Lipinski definition) is 3. The minimum atomic E-state index is -0.872. The van der Waals surface area contributed by atoms with Crippen LogP contribution < -0.4 is 10.1 Å². The summed E-state index contributed by atoms with van der Waals surface area (Å²) in [5, 5.41) is 13.9. The van der Waals surface area contributed by atoms with E-state index in [9.17, 15) is 9.90 Å². The van der Waals surface area contributed by atoms with Gasteiger partial charge in [0.05, 0.1) is 15.0 Å². The highest BCUT2D eigenvalue weighted by molar-refractivity contribution is 9.11. The van der Waals surface area contributed by atoms with Crippen LogP contribution in [-0.4, -0.2) is 28.2 Å². The van der Waals surface area contributed by atoms with E-state index in [-0.39, 0.29) is 6.10 Å². The third-order valence-corrected chi connectivity index (χ3v) is 5.54. The molecule has 0 radical (unpaired) electrons. The van der Waals surface area contributed by atoms with Crippen LogP contribution in [0, 0.1) is 0 Å². The Bertz CT molecular complexity index is 962. The molecule has 0 aliphatic rings. The summed E-state index contributed by atoms with van der Waals surface area (Å²) >= 11 is 7.07. The van der Waals surface area contributed by atoms with Crippen molar-refractivity contribution < 1.29 is 14.6 Å². The Balaban J connectivity index is 1.73. The Hall–Kier alpha value is -1.83. The molecule has 148 valence electrons. The van der Waals surface area contributed by atoms with Gasteiger partial charge in [0.15, 0.2) is 0 Å². The summed E-state index contributed by atoms with van der Waals surface area (Å²) in [4.78, 5) is 15.0. The molecule has 0 saturated carbocycles. The molecule has 3 N–H and O–H groups in total. The predicted molar refractivity (Wildman–Crippen MR) is 118 cm³/mol. The number of carboxylic acids is 1. The van der Waals surface area contributed by atoms with Crippen LogP contribution in [0.25, 0.3) is 10.9 Å². The van der Waals surface area contributed by atoms with Crippen molar-refractivity contribution in [2.75, 3.05) is 0 Å². The van der Waals surface area contributed by atoms with Gasteiger partial charge in [0.1, 0.15) is 11.8 Å². The lowest BCUT2D eigenvalue weighted by Gasteiger charge is -2.17. The molecule has 28 heavy (non-hydrogen) atoms. The molecule has 0 fully saturated rings. The third-order valence-electron chi connectivity index (χ3n) is 4.36. The molecule has 0 aliphatic heterocycles. The van der Waals surface area contributed by atoms with Crippen molar-refractivity contribution in [2.24, 2.45) is 0 Å². The number of para-hydroxylation sites is 1. The maximum atomic E-state index is 11.8. The maximum absolute atomic E-state index is 11.8. The van der Waals surface area contributed by atoms with E-state index in [4.69, 9.17) is 4.74 Å². The number of fused-ring (bicyclic) bond motifs is 1. The fraction of sp³-hybridized carbons (Fsp3) is 0.286. The number of aromatic nitrogens is 1. The zero-order valence-electron chi connectivity index (χ0n) is 15.6. The van der Waals surface area contributed by atoms with Gasteiger partial charge in [0.2, 0.25) is 0 Å². The first-order valence-electron chi connectivity index (χ1n) is 9.01. The van der Waals surface area contributed by atoms with E-state index >= 15 is 0 Å². The second-order valence-electron chi connectivity index (χ2n) is 6.89. The van der Waals surface area contributed by atoms with Crippen LogP contribution in [0.4, 0.5) is 0 Å². The van der Waals surface area contributed by atoms with E-state index in [1.165, 1.54) is 0 Å². The second kappa shape index (κ2) is 9.11. The molecule has 1 atom stereocenters. The van der Waals surface area contributed by atoms with Crippen LogP contribution in [0.3, 0.4) is 0 Å². The van der Waals surface area contributed by atoms with Gasteiger partial charge in [-0.2, -0.15) is 0 Å². The normalized spacial score (nSPS) is 12.5. The van der Waals surface area contributed by atoms with Crippen LogP contribution in [0.5, 0.6) is 5.75 Å². The fourth-order valence-electron chi connectivity index (χ4n) is 3.07.